The lowest BCUT2D eigenvalue weighted by atomic mass is 10.0. The molecular weight excluding hydrogens is 250 g/mol. The first kappa shape index (κ1) is 14.2. The lowest BCUT2D eigenvalue weighted by molar-refractivity contribution is 0.282. The molecule has 0 aromatic carbocycles. The molecule has 0 aromatic rings. The second kappa shape index (κ2) is 5.86. The second-order valence-corrected chi connectivity index (χ2v) is 7.45. The second-order valence-electron chi connectivity index (χ2n) is 5.69. The summed E-state index contributed by atoms with van der Waals surface area (Å²) < 4.78 is 28.4. The van der Waals surface area contributed by atoms with Crippen LogP contribution in [0.2, 0.25) is 0 Å². The van der Waals surface area contributed by atoms with E-state index in [0.29, 0.717) is 31.6 Å². The highest BCUT2D eigenvalue weighted by molar-refractivity contribution is 7.87. The average molecular weight is 275 g/mol. The molecule has 1 heterocycles. The predicted molar refractivity (Wildman–Crippen MR) is 72.5 cm³/mol. The topological polar surface area (TPSA) is 52.7 Å². The standard InChI is InChI=1S/C12H25N3O2S/c1-11-5-8-15(9-6-11)18(16,17)13-7-10-14(2)12-3-4-12/h11-13H,3-10H2,1-2H3. The lowest BCUT2D eigenvalue weighted by Gasteiger charge is -2.29. The molecule has 0 atom stereocenters. The van der Waals surface area contributed by atoms with E-state index in [-0.39, 0.29) is 0 Å². The van der Waals surface area contributed by atoms with Crippen molar-refractivity contribution < 1.29 is 8.42 Å². The van der Waals surface area contributed by atoms with E-state index >= 15 is 0 Å². The average Bonchev–Trinajstić information content (AvgIpc) is 3.13. The van der Waals surface area contributed by atoms with E-state index in [9.17, 15) is 8.42 Å². The van der Waals surface area contributed by atoms with Crippen LogP contribution in [0.15, 0.2) is 0 Å². The van der Waals surface area contributed by atoms with E-state index in [0.717, 1.165) is 19.4 Å². The summed E-state index contributed by atoms with van der Waals surface area (Å²) in [4.78, 5) is 2.24. The van der Waals surface area contributed by atoms with E-state index in [1.54, 1.807) is 4.31 Å². The first-order valence-corrected chi connectivity index (χ1v) is 8.38. The Balaban J connectivity index is 1.72. The van der Waals surface area contributed by atoms with E-state index < -0.39 is 10.2 Å². The molecule has 6 heteroatoms. The largest absolute Gasteiger partial charge is 0.302 e. The minimum Gasteiger partial charge on any atom is -0.302 e. The van der Waals surface area contributed by atoms with Crippen LogP contribution in [-0.2, 0) is 10.2 Å². The Morgan fingerprint density at radius 2 is 1.83 bits per heavy atom. The summed E-state index contributed by atoms with van der Waals surface area (Å²) >= 11 is 0. The van der Waals surface area contributed by atoms with Crippen molar-refractivity contribution in [2.75, 3.05) is 33.2 Å². The van der Waals surface area contributed by atoms with Gasteiger partial charge in [0.1, 0.15) is 0 Å². The first-order chi connectivity index (χ1) is 8.49. The summed E-state index contributed by atoms with van der Waals surface area (Å²) in [5.74, 6) is 0.650. The highest BCUT2D eigenvalue weighted by Gasteiger charge is 2.28. The first-order valence-electron chi connectivity index (χ1n) is 6.94. The normalized spacial score (nSPS) is 23.7. The van der Waals surface area contributed by atoms with Gasteiger partial charge in [-0.1, -0.05) is 6.92 Å². The fraction of sp³-hybridized carbons (Fsp3) is 1.00. The van der Waals surface area contributed by atoms with Gasteiger partial charge in [-0.25, -0.2) is 4.72 Å². The zero-order valence-corrected chi connectivity index (χ0v) is 12.2. The molecule has 1 N–H and O–H groups in total. The molecule has 106 valence electrons. The van der Waals surface area contributed by atoms with Gasteiger partial charge in [0.05, 0.1) is 0 Å². The molecule has 0 radical (unpaired) electrons. The molecule has 1 saturated carbocycles. The van der Waals surface area contributed by atoms with Crippen LogP contribution < -0.4 is 4.72 Å². The third-order valence-electron chi connectivity index (χ3n) is 4.00. The smallest absolute Gasteiger partial charge is 0.279 e. The molecule has 0 aromatic heterocycles. The Labute approximate surface area is 111 Å². The van der Waals surface area contributed by atoms with E-state index in [1.807, 2.05) is 0 Å². The van der Waals surface area contributed by atoms with Crippen LogP contribution in [0.1, 0.15) is 32.6 Å². The van der Waals surface area contributed by atoms with Crippen molar-refractivity contribution in [3.63, 3.8) is 0 Å². The highest BCUT2D eigenvalue weighted by atomic mass is 32.2. The van der Waals surface area contributed by atoms with Gasteiger partial charge in [-0.3, -0.25) is 0 Å². The molecule has 0 unspecified atom stereocenters. The fourth-order valence-electron chi connectivity index (χ4n) is 2.37. The molecule has 2 aliphatic rings. The molecule has 0 amide bonds. The number of rotatable bonds is 6. The Bertz CT molecular complexity index is 360. The highest BCUT2D eigenvalue weighted by Crippen LogP contribution is 2.24. The molecule has 0 bridgehead atoms. The number of likely N-dealkylation sites (N-methyl/N-ethyl adjacent to an activating group) is 1. The fourth-order valence-corrected chi connectivity index (χ4v) is 3.59. The van der Waals surface area contributed by atoms with Crippen molar-refractivity contribution in [1.29, 1.82) is 0 Å². The Kier molecular flexibility index (Phi) is 4.64. The van der Waals surface area contributed by atoms with Gasteiger partial charge in [0.25, 0.3) is 10.2 Å². The summed E-state index contributed by atoms with van der Waals surface area (Å²) in [6.07, 6.45) is 4.46. The van der Waals surface area contributed by atoms with Crippen molar-refractivity contribution in [2.24, 2.45) is 5.92 Å². The number of nitrogens with one attached hydrogen (secondary N) is 1. The van der Waals surface area contributed by atoms with Gasteiger partial charge < -0.3 is 4.90 Å². The van der Waals surface area contributed by atoms with E-state index in [2.05, 4.69) is 23.6 Å². The minimum atomic E-state index is -3.25. The Morgan fingerprint density at radius 3 is 2.39 bits per heavy atom. The van der Waals surface area contributed by atoms with Gasteiger partial charge in [-0.2, -0.15) is 12.7 Å². The number of nitrogens with zero attached hydrogens (tertiary/aromatic N) is 2. The van der Waals surface area contributed by atoms with E-state index in [1.165, 1.54) is 12.8 Å². The van der Waals surface area contributed by atoms with Gasteiger partial charge in [-0.05, 0) is 38.6 Å². The van der Waals surface area contributed by atoms with Gasteiger partial charge in [0.2, 0.25) is 0 Å². The van der Waals surface area contributed by atoms with Crippen LogP contribution in [0.25, 0.3) is 0 Å². The summed E-state index contributed by atoms with van der Waals surface area (Å²) in [6.45, 7) is 4.82. The molecule has 18 heavy (non-hydrogen) atoms. The van der Waals surface area contributed by atoms with E-state index in [4.69, 9.17) is 0 Å². The maximum atomic E-state index is 12.1. The minimum absolute atomic E-state index is 0.515. The van der Waals surface area contributed by atoms with Crippen molar-refractivity contribution in [1.82, 2.24) is 13.9 Å². The van der Waals surface area contributed by atoms with Gasteiger partial charge >= 0.3 is 0 Å². The molecule has 0 spiro atoms. The van der Waals surface area contributed by atoms with Crippen LogP contribution >= 0.6 is 0 Å². The van der Waals surface area contributed by atoms with Gasteiger partial charge in [-0.15, -0.1) is 0 Å². The van der Waals surface area contributed by atoms with Crippen LogP contribution in [-0.4, -0.2) is 56.9 Å². The molecule has 1 aliphatic carbocycles. The Hall–Kier alpha value is -0.170. The van der Waals surface area contributed by atoms with Crippen LogP contribution in [0.4, 0.5) is 0 Å². The van der Waals surface area contributed by atoms with Crippen molar-refractivity contribution in [3.05, 3.63) is 0 Å². The summed E-state index contributed by atoms with van der Waals surface area (Å²) in [5, 5.41) is 0. The predicted octanol–water partition coefficient (Wildman–Crippen LogP) is 0.647. The zero-order valence-electron chi connectivity index (χ0n) is 11.4. The third kappa shape index (κ3) is 3.91. The summed E-state index contributed by atoms with van der Waals surface area (Å²) in [6, 6.07) is 0.686. The molecule has 2 rings (SSSR count). The van der Waals surface area contributed by atoms with Crippen molar-refractivity contribution in [2.45, 2.75) is 38.6 Å². The quantitative estimate of drug-likeness (QED) is 0.774. The SMILES string of the molecule is CC1CCN(S(=O)(=O)NCCN(C)C2CC2)CC1. The van der Waals surface area contributed by atoms with Crippen molar-refractivity contribution >= 4 is 10.2 Å². The summed E-state index contributed by atoms with van der Waals surface area (Å²) in [5.41, 5.74) is 0. The van der Waals surface area contributed by atoms with Gasteiger partial charge in [0, 0.05) is 32.2 Å². The maximum absolute atomic E-state index is 12.1. The number of piperidine rings is 1. The van der Waals surface area contributed by atoms with Crippen molar-refractivity contribution in [3.8, 4) is 0 Å². The molecule has 5 nitrogen and oxygen atoms in total. The monoisotopic (exact) mass is 275 g/mol. The van der Waals surface area contributed by atoms with Crippen LogP contribution in [0.5, 0.6) is 0 Å². The van der Waals surface area contributed by atoms with Crippen LogP contribution in [0, 0.1) is 5.92 Å². The molecular formula is C12H25N3O2S. The number of hydrogen-bond donors (Lipinski definition) is 1. The van der Waals surface area contributed by atoms with Crippen LogP contribution in [0.3, 0.4) is 0 Å². The van der Waals surface area contributed by atoms with Gasteiger partial charge in [0.15, 0.2) is 0 Å². The zero-order chi connectivity index (χ0) is 13.2. The maximum Gasteiger partial charge on any atom is 0.279 e. The molecule has 1 saturated heterocycles. The third-order valence-corrected chi connectivity index (χ3v) is 5.62. The Morgan fingerprint density at radius 1 is 1.22 bits per heavy atom. The summed E-state index contributed by atoms with van der Waals surface area (Å²) in [7, 11) is -1.19. The lowest BCUT2D eigenvalue weighted by Crippen LogP contribution is -2.46. The molecule has 2 fully saturated rings. The molecule has 1 aliphatic heterocycles. The number of hydrogen-bond acceptors (Lipinski definition) is 3.